The molecule has 0 unspecified atom stereocenters. The molecule has 1 aromatic carbocycles. The molecule has 0 atom stereocenters. The van der Waals surface area contributed by atoms with Crippen LogP contribution in [0.5, 0.6) is 0 Å². The number of anilines is 1. The molecule has 2 heterocycles. The Morgan fingerprint density at radius 1 is 1.24 bits per heavy atom. The Morgan fingerprint density at radius 3 is 2.60 bits per heavy atom. The topological polar surface area (TPSA) is 58.8 Å². The van der Waals surface area contributed by atoms with Gasteiger partial charge in [0.15, 0.2) is 0 Å². The molecule has 25 heavy (non-hydrogen) atoms. The summed E-state index contributed by atoms with van der Waals surface area (Å²) in [6, 6.07) is 9.98. The maximum Gasteiger partial charge on any atom is 0.233 e. The molecule has 0 saturated carbocycles. The minimum absolute atomic E-state index is 0.0648. The van der Waals surface area contributed by atoms with Crippen molar-refractivity contribution < 1.29 is 14.1 Å². The van der Waals surface area contributed by atoms with Gasteiger partial charge in [0.1, 0.15) is 5.69 Å². The van der Waals surface area contributed by atoms with Gasteiger partial charge in [0, 0.05) is 32.1 Å². The number of ether oxygens (including phenoxy) is 1. The van der Waals surface area contributed by atoms with E-state index in [-0.39, 0.29) is 5.91 Å². The highest BCUT2D eigenvalue weighted by molar-refractivity contribution is 5.75. The number of nitrogens with zero attached hydrogens (tertiary/aromatic N) is 3. The van der Waals surface area contributed by atoms with Crippen LogP contribution >= 0.6 is 0 Å². The maximum absolute atomic E-state index is 12.0. The Morgan fingerprint density at radius 2 is 1.96 bits per heavy atom. The highest BCUT2D eigenvalue weighted by Crippen LogP contribution is 2.33. The van der Waals surface area contributed by atoms with E-state index in [0.29, 0.717) is 19.8 Å². The van der Waals surface area contributed by atoms with Crippen molar-refractivity contribution in [3.05, 3.63) is 35.9 Å². The van der Waals surface area contributed by atoms with Crippen molar-refractivity contribution >= 4 is 11.8 Å². The lowest BCUT2D eigenvalue weighted by molar-refractivity contribution is -0.129. The first-order chi connectivity index (χ1) is 12.2. The zero-order chi connectivity index (χ0) is 17.6. The van der Waals surface area contributed by atoms with Crippen LogP contribution in [-0.2, 0) is 16.1 Å². The van der Waals surface area contributed by atoms with Gasteiger partial charge in [-0.2, -0.15) is 0 Å². The van der Waals surface area contributed by atoms with Crippen molar-refractivity contribution in [3.8, 4) is 11.3 Å². The SMILES string of the molecule is CCCN(Cc1c(-c2ccccc2)noc1N1CCOCC1)C(C)=O. The minimum Gasteiger partial charge on any atom is -0.378 e. The Kier molecular flexibility index (Phi) is 5.71. The van der Waals surface area contributed by atoms with E-state index in [1.807, 2.05) is 35.2 Å². The van der Waals surface area contributed by atoms with Crippen LogP contribution in [0.15, 0.2) is 34.9 Å². The summed E-state index contributed by atoms with van der Waals surface area (Å²) in [7, 11) is 0. The normalized spacial score (nSPS) is 14.6. The lowest BCUT2D eigenvalue weighted by Crippen LogP contribution is -2.37. The summed E-state index contributed by atoms with van der Waals surface area (Å²) in [6.45, 7) is 7.79. The summed E-state index contributed by atoms with van der Waals surface area (Å²) in [5.74, 6) is 0.819. The highest BCUT2D eigenvalue weighted by atomic mass is 16.5. The van der Waals surface area contributed by atoms with Crippen molar-refractivity contribution in [2.45, 2.75) is 26.8 Å². The zero-order valence-electron chi connectivity index (χ0n) is 14.9. The molecule has 1 aliphatic heterocycles. The number of benzene rings is 1. The standard InChI is InChI=1S/C19H25N3O3/c1-3-9-22(15(2)23)14-17-18(16-7-5-4-6-8-16)20-25-19(17)21-10-12-24-13-11-21/h4-8H,3,9-14H2,1-2H3. The van der Waals surface area contributed by atoms with Crippen molar-refractivity contribution in [1.29, 1.82) is 0 Å². The van der Waals surface area contributed by atoms with Gasteiger partial charge in [-0.05, 0) is 6.42 Å². The quantitative estimate of drug-likeness (QED) is 0.807. The number of morpholine rings is 1. The van der Waals surface area contributed by atoms with E-state index >= 15 is 0 Å². The Labute approximate surface area is 148 Å². The molecular weight excluding hydrogens is 318 g/mol. The molecule has 1 amide bonds. The van der Waals surface area contributed by atoms with Crippen LogP contribution in [0, 0.1) is 0 Å². The monoisotopic (exact) mass is 343 g/mol. The number of carbonyl (C=O) groups excluding carboxylic acids is 1. The van der Waals surface area contributed by atoms with Crippen molar-refractivity contribution in [1.82, 2.24) is 10.1 Å². The predicted molar refractivity (Wildman–Crippen MR) is 96.4 cm³/mol. The zero-order valence-corrected chi connectivity index (χ0v) is 14.9. The number of carbonyl (C=O) groups is 1. The molecule has 0 radical (unpaired) electrons. The van der Waals surface area contributed by atoms with Crippen LogP contribution in [0.2, 0.25) is 0 Å². The summed E-state index contributed by atoms with van der Waals surface area (Å²) in [4.78, 5) is 16.0. The molecule has 0 N–H and O–H groups in total. The first-order valence-corrected chi connectivity index (χ1v) is 8.83. The molecule has 0 bridgehead atoms. The van der Waals surface area contributed by atoms with Crippen LogP contribution in [-0.4, -0.2) is 48.8 Å². The predicted octanol–water partition coefficient (Wildman–Crippen LogP) is 2.94. The van der Waals surface area contributed by atoms with Gasteiger partial charge in [-0.1, -0.05) is 42.4 Å². The first-order valence-electron chi connectivity index (χ1n) is 8.83. The molecule has 2 aromatic rings. The highest BCUT2D eigenvalue weighted by Gasteiger charge is 2.26. The third-order valence-electron chi connectivity index (χ3n) is 4.40. The number of hydrogen-bond acceptors (Lipinski definition) is 5. The summed E-state index contributed by atoms with van der Waals surface area (Å²) in [6.07, 6.45) is 0.915. The van der Waals surface area contributed by atoms with Crippen molar-refractivity contribution in [3.63, 3.8) is 0 Å². The summed E-state index contributed by atoms with van der Waals surface area (Å²) in [5, 5.41) is 4.34. The van der Waals surface area contributed by atoms with E-state index in [4.69, 9.17) is 9.26 Å². The average molecular weight is 343 g/mol. The van der Waals surface area contributed by atoms with E-state index in [0.717, 1.165) is 48.8 Å². The fourth-order valence-electron chi connectivity index (χ4n) is 3.09. The molecule has 1 fully saturated rings. The van der Waals surface area contributed by atoms with Gasteiger partial charge in [-0.3, -0.25) is 4.79 Å². The molecule has 134 valence electrons. The second-order valence-corrected chi connectivity index (χ2v) is 6.22. The van der Waals surface area contributed by atoms with Crippen molar-refractivity contribution in [2.75, 3.05) is 37.7 Å². The molecule has 6 nitrogen and oxygen atoms in total. The molecule has 6 heteroatoms. The van der Waals surface area contributed by atoms with E-state index < -0.39 is 0 Å². The third kappa shape index (κ3) is 4.02. The third-order valence-corrected chi connectivity index (χ3v) is 4.40. The van der Waals surface area contributed by atoms with E-state index in [9.17, 15) is 4.79 Å². The molecule has 3 rings (SSSR count). The fourth-order valence-corrected chi connectivity index (χ4v) is 3.09. The van der Waals surface area contributed by atoms with Gasteiger partial charge < -0.3 is 19.1 Å². The molecule has 1 saturated heterocycles. The van der Waals surface area contributed by atoms with Gasteiger partial charge in [0.05, 0.1) is 25.3 Å². The second kappa shape index (κ2) is 8.16. The Balaban J connectivity index is 1.98. The van der Waals surface area contributed by atoms with E-state index in [2.05, 4.69) is 17.0 Å². The Bertz CT molecular complexity index is 693. The van der Waals surface area contributed by atoms with Gasteiger partial charge in [0.2, 0.25) is 11.8 Å². The molecule has 0 spiro atoms. The van der Waals surface area contributed by atoms with Crippen LogP contribution in [0.25, 0.3) is 11.3 Å². The summed E-state index contributed by atoms with van der Waals surface area (Å²) in [5.41, 5.74) is 2.78. The van der Waals surface area contributed by atoms with E-state index in [1.54, 1.807) is 6.92 Å². The van der Waals surface area contributed by atoms with Crippen molar-refractivity contribution in [2.24, 2.45) is 0 Å². The Hall–Kier alpha value is -2.34. The largest absolute Gasteiger partial charge is 0.378 e. The number of aromatic nitrogens is 1. The van der Waals surface area contributed by atoms with Gasteiger partial charge in [0.25, 0.3) is 0 Å². The number of rotatable bonds is 6. The van der Waals surface area contributed by atoms with Crippen LogP contribution in [0.3, 0.4) is 0 Å². The van der Waals surface area contributed by atoms with Crippen LogP contribution < -0.4 is 4.90 Å². The fraction of sp³-hybridized carbons (Fsp3) is 0.474. The summed E-state index contributed by atoms with van der Waals surface area (Å²) >= 11 is 0. The van der Waals surface area contributed by atoms with Gasteiger partial charge >= 0.3 is 0 Å². The first kappa shape index (κ1) is 17.5. The second-order valence-electron chi connectivity index (χ2n) is 6.22. The number of amides is 1. The van der Waals surface area contributed by atoms with Crippen LogP contribution in [0.4, 0.5) is 5.88 Å². The average Bonchev–Trinajstić information content (AvgIpc) is 3.06. The molecular formula is C19H25N3O3. The molecule has 0 aliphatic carbocycles. The smallest absolute Gasteiger partial charge is 0.233 e. The van der Waals surface area contributed by atoms with Crippen LogP contribution in [0.1, 0.15) is 25.8 Å². The minimum atomic E-state index is 0.0648. The van der Waals surface area contributed by atoms with Gasteiger partial charge in [-0.25, -0.2) is 0 Å². The van der Waals surface area contributed by atoms with E-state index in [1.165, 1.54) is 0 Å². The maximum atomic E-state index is 12.0. The van der Waals surface area contributed by atoms with Gasteiger partial charge in [-0.15, -0.1) is 0 Å². The lowest BCUT2D eigenvalue weighted by Gasteiger charge is -2.28. The number of hydrogen-bond donors (Lipinski definition) is 0. The lowest BCUT2D eigenvalue weighted by atomic mass is 10.1. The molecule has 1 aromatic heterocycles. The summed E-state index contributed by atoms with van der Waals surface area (Å²) < 4.78 is 11.2. The molecule has 1 aliphatic rings.